The molecule has 5 heteroatoms. The van der Waals surface area contributed by atoms with Crippen LogP contribution >= 0.6 is 0 Å². The zero-order chi connectivity index (χ0) is 16.2. The molecule has 22 heavy (non-hydrogen) atoms. The molecule has 0 saturated carbocycles. The highest BCUT2D eigenvalue weighted by molar-refractivity contribution is 5.80. The maximum absolute atomic E-state index is 5.35. The summed E-state index contributed by atoms with van der Waals surface area (Å²) in [5.74, 6) is 0.974. The Labute approximate surface area is 136 Å². The van der Waals surface area contributed by atoms with Crippen LogP contribution in [-0.4, -0.2) is 62.3 Å². The molecule has 0 amide bonds. The average molecular weight is 313 g/mol. The Balaban J connectivity index is 2.28. The molecule has 1 aliphatic rings. The van der Waals surface area contributed by atoms with Crippen molar-refractivity contribution in [2.75, 3.05) is 39.4 Å². The average Bonchev–Trinajstić information content (AvgIpc) is 2.51. The van der Waals surface area contributed by atoms with Crippen molar-refractivity contribution < 1.29 is 4.74 Å². The third-order valence-corrected chi connectivity index (χ3v) is 4.12. The normalized spacial score (nSPS) is 18.0. The smallest absolute Gasteiger partial charge is 0.191 e. The van der Waals surface area contributed by atoms with Crippen molar-refractivity contribution in [3.8, 4) is 0 Å². The summed E-state index contributed by atoms with van der Waals surface area (Å²) in [5, 5.41) is 6.96. The minimum absolute atomic E-state index is 0.552. The summed E-state index contributed by atoms with van der Waals surface area (Å²) in [5.41, 5.74) is 0. The van der Waals surface area contributed by atoms with Crippen LogP contribution in [0.25, 0.3) is 0 Å². The lowest BCUT2D eigenvalue weighted by Gasteiger charge is -2.35. The standard InChI is InChI=1S/C17H36N4O/c1-5-18-17(19-11-7-8-14-22-6-2)20-16-9-12-21(13-10-16)15(3)4/h15-16H,5-14H2,1-4H3,(H2,18,19,20). The van der Waals surface area contributed by atoms with Crippen molar-refractivity contribution in [1.29, 1.82) is 0 Å². The first kappa shape index (κ1) is 19.2. The highest BCUT2D eigenvalue weighted by Gasteiger charge is 2.21. The van der Waals surface area contributed by atoms with Crippen LogP contribution in [0.3, 0.4) is 0 Å². The number of ether oxygens (including phenoxy) is 1. The Morgan fingerprint density at radius 1 is 1.23 bits per heavy atom. The van der Waals surface area contributed by atoms with Gasteiger partial charge in [0.15, 0.2) is 5.96 Å². The fraction of sp³-hybridized carbons (Fsp3) is 0.941. The molecule has 0 aromatic heterocycles. The lowest BCUT2D eigenvalue weighted by atomic mass is 10.0. The maximum atomic E-state index is 5.35. The molecule has 1 fully saturated rings. The molecule has 0 bridgehead atoms. The molecule has 0 aliphatic carbocycles. The van der Waals surface area contributed by atoms with Gasteiger partial charge in [0.05, 0.1) is 0 Å². The van der Waals surface area contributed by atoms with Gasteiger partial charge < -0.3 is 20.3 Å². The van der Waals surface area contributed by atoms with E-state index >= 15 is 0 Å². The molecule has 0 unspecified atom stereocenters. The number of hydrogen-bond donors (Lipinski definition) is 2. The first-order chi connectivity index (χ1) is 10.7. The fourth-order valence-corrected chi connectivity index (χ4v) is 2.72. The fourth-order valence-electron chi connectivity index (χ4n) is 2.72. The van der Waals surface area contributed by atoms with Gasteiger partial charge in [-0.15, -0.1) is 0 Å². The quantitative estimate of drug-likeness (QED) is 0.389. The van der Waals surface area contributed by atoms with Crippen LogP contribution in [0.4, 0.5) is 0 Å². The first-order valence-corrected chi connectivity index (χ1v) is 9.04. The summed E-state index contributed by atoms with van der Waals surface area (Å²) < 4.78 is 5.35. The van der Waals surface area contributed by atoms with E-state index in [2.05, 4.69) is 41.3 Å². The van der Waals surface area contributed by atoms with Crippen LogP contribution in [0.15, 0.2) is 4.99 Å². The highest BCUT2D eigenvalue weighted by atomic mass is 16.5. The third kappa shape index (κ3) is 7.99. The van der Waals surface area contributed by atoms with Crippen molar-refractivity contribution in [1.82, 2.24) is 15.5 Å². The number of aliphatic imine (C=N–C) groups is 1. The lowest BCUT2D eigenvalue weighted by molar-refractivity contribution is 0.144. The summed E-state index contributed by atoms with van der Waals surface area (Å²) in [7, 11) is 0. The number of unbranched alkanes of at least 4 members (excludes halogenated alkanes) is 1. The molecule has 1 rings (SSSR count). The topological polar surface area (TPSA) is 48.9 Å². The summed E-state index contributed by atoms with van der Waals surface area (Å²) in [6, 6.07) is 1.21. The van der Waals surface area contributed by atoms with Crippen molar-refractivity contribution in [2.24, 2.45) is 4.99 Å². The minimum Gasteiger partial charge on any atom is -0.382 e. The van der Waals surface area contributed by atoms with Crippen molar-refractivity contribution in [3.63, 3.8) is 0 Å². The minimum atomic E-state index is 0.552. The maximum Gasteiger partial charge on any atom is 0.191 e. The summed E-state index contributed by atoms with van der Waals surface area (Å²) in [4.78, 5) is 7.24. The van der Waals surface area contributed by atoms with Crippen LogP contribution < -0.4 is 10.6 Å². The lowest BCUT2D eigenvalue weighted by Crippen LogP contribution is -2.49. The number of likely N-dealkylation sites (tertiary alicyclic amines) is 1. The van der Waals surface area contributed by atoms with E-state index in [4.69, 9.17) is 4.74 Å². The van der Waals surface area contributed by atoms with Gasteiger partial charge in [-0.2, -0.15) is 0 Å². The number of piperidine rings is 1. The monoisotopic (exact) mass is 312 g/mol. The molecule has 1 saturated heterocycles. The van der Waals surface area contributed by atoms with Gasteiger partial charge in [0.1, 0.15) is 0 Å². The Bertz CT molecular complexity index is 299. The summed E-state index contributed by atoms with van der Waals surface area (Å²) in [6.45, 7) is 14.5. The van der Waals surface area contributed by atoms with Gasteiger partial charge in [0.2, 0.25) is 0 Å². The van der Waals surface area contributed by atoms with Crippen LogP contribution in [0.1, 0.15) is 53.4 Å². The predicted octanol–water partition coefficient (Wildman–Crippen LogP) is 2.23. The number of guanidine groups is 1. The largest absolute Gasteiger partial charge is 0.382 e. The van der Waals surface area contributed by atoms with Gasteiger partial charge >= 0.3 is 0 Å². The molecule has 130 valence electrons. The summed E-state index contributed by atoms with van der Waals surface area (Å²) >= 11 is 0. The van der Waals surface area contributed by atoms with E-state index in [1.807, 2.05) is 6.92 Å². The van der Waals surface area contributed by atoms with Crippen molar-refractivity contribution >= 4 is 5.96 Å². The molecule has 0 aromatic carbocycles. The van der Waals surface area contributed by atoms with E-state index in [-0.39, 0.29) is 0 Å². The number of rotatable bonds is 9. The van der Waals surface area contributed by atoms with E-state index in [0.717, 1.165) is 45.1 Å². The van der Waals surface area contributed by atoms with Crippen LogP contribution in [0.2, 0.25) is 0 Å². The zero-order valence-electron chi connectivity index (χ0n) is 15.0. The van der Waals surface area contributed by atoms with Crippen LogP contribution in [-0.2, 0) is 4.74 Å². The second-order valence-electron chi connectivity index (χ2n) is 6.21. The number of nitrogens with one attached hydrogen (secondary N) is 2. The first-order valence-electron chi connectivity index (χ1n) is 9.04. The number of hydrogen-bond acceptors (Lipinski definition) is 3. The van der Waals surface area contributed by atoms with Crippen molar-refractivity contribution in [3.05, 3.63) is 0 Å². The van der Waals surface area contributed by atoms with Gasteiger partial charge in [0, 0.05) is 51.5 Å². The molecule has 0 aromatic rings. The molecule has 1 aliphatic heterocycles. The van der Waals surface area contributed by atoms with Gasteiger partial charge in [0.25, 0.3) is 0 Å². The highest BCUT2D eigenvalue weighted by Crippen LogP contribution is 2.12. The molecule has 0 spiro atoms. The van der Waals surface area contributed by atoms with Gasteiger partial charge in [-0.05, 0) is 53.4 Å². The third-order valence-electron chi connectivity index (χ3n) is 4.12. The van der Waals surface area contributed by atoms with Gasteiger partial charge in [-0.1, -0.05) is 0 Å². The SMILES string of the molecule is CCNC(=NCCCCOCC)NC1CCN(C(C)C)CC1. The second-order valence-corrected chi connectivity index (χ2v) is 6.21. The van der Waals surface area contributed by atoms with E-state index in [1.165, 1.54) is 25.9 Å². The van der Waals surface area contributed by atoms with Gasteiger partial charge in [-0.25, -0.2) is 0 Å². The van der Waals surface area contributed by atoms with Crippen molar-refractivity contribution in [2.45, 2.75) is 65.5 Å². The van der Waals surface area contributed by atoms with Gasteiger partial charge in [-0.3, -0.25) is 4.99 Å². The molecule has 1 heterocycles. The van der Waals surface area contributed by atoms with E-state index in [1.54, 1.807) is 0 Å². The summed E-state index contributed by atoms with van der Waals surface area (Å²) in [6.07, 6.45) is 4.58. The number of nitrogens with zero attached hydrogens (tertiary/aromatic N) is 2. The Kier molecular flexibility index (Phi) is 10.2. The Morgan fingerprint density at radius 2 is 1.95 bits per heavy atom. The molecular weight excluding hydrogens is 276 g/mol. The second kappa shape index (κ2) is 11.7. The molecule has 2 N–H and O–H groups in total. The molecule has 0 radical (unpaired) electrons. The van der Waals surface area contributed by atoms with Crippen LogP contribution in [0.5, 0.6) is 0 Å². The Hall–Kier alpha value is -0.810. The van der Waals surface area contributed by atoms with E-state index in [9.17, 15) is 0 Å². The predicted molar refractivity (Wildman–Crippen MR) is 94.6 cm³/mol. The Morgan fingerprint density at radius 3 is 2.55 bits per heavy atom. The molecule has 0 atom stereocenters. The van der Waals surface area contributed by atoms with E-state index in [0.29, 0.717) is 12.1 Å². The molecular formula is C17H36N4O. The van der Waals surface area contributed by atoms with Crippen LogP contribution in [0, 0.1) is 0 Å². The molecule has 5 nitrogen and oxygen atoms in total. The van der Waals surface area contributed by atoms with E-state index < -0.39 is 0 Å². The zero-order valence-corrected chi connectivity index (χ0v) is 15.0.